The first-order valence-corrected chi connectivity index (χ1v) is 7.79. The van der Waals surface area contributed by atoms with Crippen LogP contribution in [0.3, 0.4) is 0 Å². The summed E-state index contributed by atoms with van der Waals surface area (Å²) in [6, 6.07) is 0. The molecular weight excluding hydrogens is 286 g/mol. The van der Waals surface area contributed by atoms with Crippen molar-refractivity contribution in [3.63, 3.8) is 0 Å². The molecule has 0 saturated carbocycles. The summed E-state index contributed by atoms with van der Waals surface area (Å²) in [5.41, 5.74) is 0. The van der Waals surface area contributed by atoms with Gasteiger partial charge in [-0.25, -0.2) is 0 Å². The topological polar surface area (TPSA) is 77.7 Å². The van der Waals surface area contributed by atoms with Crippen molar-refractivity contribution in [1.82, 2.24) is 15.1 Å². The lowest BCUT2D eigenvalue weighted by Crippen LogP contribution is -2.46. The number of rotatable bonds is 6. The molecule has 1 aliphatic rings. The molecule has 0 aromatic carbocycles. The highest BCUT2D eigenvalue weighted by molar-refractivity contribution is 5.80. The Kier molecular flexibility index (Phi) is 5.90. The molecule has 1 amide bonds. The van der Waals surface area contributed by atoms with Gasteiger partial charge in [0.15, 0.2) is 6.10 Å². The van der Waals surface area contributed by atoms with Crippen molar-refractivity contribution >= 4 is 5.91 Å². The zero-order chi connectivity index (χ0) is 16.1. The highest BCUT2D eigenvalue weighted by atomic mass is 16.5. The lowest BCUT2D eigenvalue weighted by atomic mass is 10.1. The van der Waals surface area contributed by atoms with E-state index in [9.17, 15) is 4.79 Å². The Morgan fingerprint density at radius 3 is 2.82 bits per heavy atom. The van der Waals surface area contributed by atoms with Gasteiger partial charge in [0.2, 0.25) is 11.8 Å². The first kappa shape index (κ1) is 16.9. The van der Waals surface area contributed by atoms with E-state index in [1.165, 1.54) is 0 Å². The Balaban J connectivity index is 1.87. The van der Waals surface area contributed by atoms with Gasteiger partial charge in [0, 0.05) is 20.1 Å². The van der Waals surface area contributed by atoms with Crippen LogP contribution in [0.4, 0.5) is 0 Å². The van der Waals surface area contributed by atoms with E-state index < -0.39 is 6.10 Å². The van der Waals surface area contributed by atoms with Crippen LogP contribution in [-0.4, -0.2) is 53.4 Å². The zero-order valence-corrected chi connectivity index (χ0v) is 13.7. The monoisotopic (exact) mass is 311 g/mol. The molecule has 7 heteroatoms. The van der Waals surface area contributed by atoms with Crippen LogP contribution in [0, 0.1) is 12.8 Å². The maximum atomic E-state index is 12.4. The van der Waals surface area contributed by atoms with Gasteiger partial charge >= 0.3 is 0 Å². The van der Waals surface area contributed by atoms with Crippen molar-refractivity contribution in [2.24, 2.45) is 5.92 Å². The van der Waals surface area contributed by atoms with Gasteiger partial charge in [-0.05, 0) is 19.3 Å². The fourth-order valence-electron chi connectivity index (χ4n) is 2.25. The van der Waals surface area contributed by atoms with Crippen LogP contribution < -0.4 is 0 Å². The van der Waals surface area contributed by atoms with E-state index in [2.05, 4.69) is 24.0 Å². The number of hydrogen-bond donors (Lipinski definition) is 0. The van der Waals surface area contributed by atoms with Gasteiger partial charge in [0.25, 0.3) is 5.91 Å². The van der Waals surface area contributed by atoms with E-state index >= 15 is 0 Å². The van der Waals surface area contributed by atoms with Gasteiger partial charge in [0.05, 0.1) is 13.2 Å². The first-order chi connectivity index (χ1) is 10.5. The van der Waals surface area contributed by atoms with Crippen LogP contribution in [0.2, 0.25) is 0 Å². The summed E-state index contributed by atoms with van der Waals surface area (Å²) in [6.45, 7) is 9.82. The van der Waals surface area contributed by atoms with Gasteiger partial charge in [-0.2, -0.15) is 0 Å². The van der Waals surface area contributed by atoms with Gasteiger partial charge in [-0.15, -0.1) is 10.2 Å². The van der Waals surface area contributed by atoms with Crippen molar-refractivity contribution in [1.29, 1.82) is 0 Å². The van der Waals surface area contributed by atoms with Crippen LogP contribution in [0.25, 0.3) is 0 Å². The number of morpholine rings is 1. The second-order valence-electron chi connectivity index (χ2n) is 6.00. The first-order valence-electron chi connectivity index (χ1n) is 7.79. The minimum absolute atomic E-state index is 0.0201. The average Bonchev–Trinajstić information content (AvgIpc) is 2.92. The molecule has 7 nitrogen and oxygen atoms in total. The van der Waals surface area contributed by atoms with E-state index in [1.807, 2.05) is 0 Å². The van der Waals surface area contributed by atoms with E-state index in [4.69, 9.17) is 13.9 Å². The number of nitrogens with zero attached hydrogens (tertiary/aromatic N) is 3. The average molecular weight is 311 g/mol. The molecule has 1 aliphatic heterocycles. The summed E-state index contributed by atoms with van der Waals surface area (Å²) in [7, 11) is 0. The third-order valence-electron chi connectivity index (χ3n) is 3.61. The smallest absolute Gasteiger partial charge is 0.251 e. The Bertz CT molecular complexity index is 489. The predicted octanol–water partition coefficient (Wildman–Crippen LogP) is 1.73. The van der Waals surface area contributed by atoms with Crippen LogP contribution >= 0.6 is 0 Å². The summed E-state index contributed by atoms with van der Waals surface area (Å²) >= 11 is 0. The summed E-state index contributed by atoms with van der Waals surface area (Å²) in [4.78, 5) is 14.2. The molecule has 0 spiro atoms. The normalized spacial score (nSPS) is 20.4. The number of carbonyl (C=O) groups is 1. The number of carbonyl (C=O) groups excluding carboxylic acids is 1. The van der Waals surface area contributed by atoms with Crippen LogP contribution in [0.1, 0.15) is 45.1 Å². The standard InChI is InChI=1S/C15H25N3O4/c1-10(2)5-7-20-11(3)15(19)18-6-8-21-13(9-18)14-17-16-12(4)22-14/h10-11,13H,5-9H2,1-4H3. The molecule has 1 saturated heterocycles. The predicted molar refractivity (Wildman–Crippen MR) is 79.2 cm³/mol. The molecule has 2 heterocycles. The van der Waals surface area contributed by atoms with E-state index in [1.54, 1.807) is 18.7 Å². The van der Waals surface area contributed by atoms with Crippen molar-refractivity contribution < 1.29 is 18.7 Å². The quantitative estimate of drug-likeness (QED) is 0.796. The minimum Gasteiger partial charge on any atom is -0.423 e. The molecule has 1 fully saturated rings. The van der Waals surface area contributed by atoms with Gasteiger partial charge in [0.1, 0.15) is 6.10 Å². The molecular formula is C15H25N3O4. The van der Waals surface area contributed by atoms with Crippen molar-refractivity contribution in [2.45, 2.75) is 46.3 Å². The summed E-state index contributed by atoms with van der Waals surface area (Å²) in [5, 5.41) is 7.77. The molecule has 0 N–H and O–H groups in total. The van der Waals surface area contributed by atoms with Crippen LogP contribution in [-0.2, 0) is 14.3 Å². The Hall–Kier alpha value is -1.47. The van der Waals surface area contributed by atoms with E-state index in [0.29, 0.717) is 44.0 Å². The fourth-order valence-corrected chi connectivity index (χ4v) is 2.25. The van der Waals surface area contributed by atoms with Crippen molar-refractivity contribution in [3.05, 3.63) is 11.8 Å². The lowest BCUT2D eigenvalue weighted by molar-refractivity contribution is -0.151. The second-order valence-corrected chi connectivity index (χ2v) is 6.00. The fraction of sp³-hybridized carbons (Fsp3) is 0.800. The molecule has 0 radical (unpaired) electrons. The highest BCUT2D eigenvalue weighted by Gasteiger charge is 2.31. The molecule has 1 aromatic rings. The molecule has 124 valence electrons. The van der Waals surface area contributed by atoms with Crippen molar-refractivity contribution in [3.8, 4) is 0 Å². The van der Waals surface area contributed by atoms with E-state index in [0.717, 1.165) is 6.42 Å². The summed E-state index contributed by atoms with van der Waals surface area (Å²) < 4.78 is 16.6. The van der Waals surface area contributed by atoms with Gasteiger partial charge in [-0.1, -0.05) is 13.8 Å². The molecule has 0 bridgehead atoms. The third-order valence-corrected chi connectivity index (χ3v) is 3.61. The molecule has 0 aliphatic carbocycles. The Morgan fingerprint density at radius 1 is 1.41 bits per heavy atom. The number of amides is 1. The third kappa shape index (κ3) is 4.51. The SMILES string of the molecule is Cc1nnc(C2CN(C(=O)C(C)OCCC(C)C)CCO2)o1. The highest BCUT2D eigenvalue weighted by Crippen LogP contribution is 2.21. The number of hydrogen-bond acceptors (Lipinski definition) is 6. The number of aromatic nitrogens is 2. The zero-order valence-electron chi connectivity index (χ0n) is 13.7. The Morgan fingerprint density at radius 2 is 2.18 bits per heavy atom. The Labute approximate surface area is 131 Å². The van der Waals surface area contributed by atoms with E-state index in [-0.39, 0.29) is 12.0 Å². The van der Waals surface area contributed by atoms with Crippen molar-refractivity contribution in [2.75, 3.05) is 26.3 Å². The maximum absolute atomic E-state index is 12.4. The molecule has 2 rings (SSSR count). The summed E-state index contributed by atoms with van der Waals surface area (Å²) in [5.74, 6) is 1.46. The van der Waals surface area contributed by atoms with Crippen LogP contribution in [0.5, 0.6) is 0 Å². The van der Waals surface area contributed by atoms with Gasteiger partial charge < -0.3 is 18.8 Å². The molecule has 2 atom stereocenters. The number of aryl methyl sites for hydroxylation is 1. The molecule has 22 heavy (non-hydrogen) atoms. The largest absolute Gasteiger partial charge is 0.423 e. The maximum Gasteiger partial charge on any atom is 0.251 e. The van der Waals surface area contributed by atoms with Crippen LogP contribution in [0.15, 0.2) is 4.42 Å². The van der Waals surface area contributed by atoms with Gasteiger partial charge in [-0.3, -0.25) is 4.79 Å². The molecule has 1 aromatic heterocycles. The number of ether oxygens (including phenoxy) is 2. The summed E-state index contributed by atoms with van der Waals surface area (Å²) in [6.07, 6.45) is 0.147. The second kappa shape index (κ2) is 7.69. The molecule has 2 unspecified atom stereocenters. The minimum atomic E-state index is -0.443. The lowest BCUT2D eigenvalue weighted by Gasteiger charge is -2.32.